The number of hydrogen-bond donors (Lipinski definition) is 1. The van der Waals surface area contributed by atoms with Crippen molar-refractivity contribution in [2.75, 3.05) is 13.2 Å². The summed E-state index contributed by atoms with van der Waals surface area (Å²) in [6.07, 6.45) is -0.218. The summed E-state index contributed by atoms with van der Waals surface area (Å²) < 4.78 is 16.4. The zero-order valence-corrected chi connectivity index (χ0v) is 11.9. The van der Waals surface area contributed by atoms with Crippen molar-refractivity contribution in [2.24, 2.45) is 0 Å². The first-order chi connectivity index (χ1) is 10.1. The predicted octanol–water partition coefficient (Wildman–Crippen LogP) is 1.86. The van der Waals surface area contributed by atoms with Crippen LogP contribution in [-0.2, 0) is 0 Å². The highest BCUT2D eigenvalue weighted by molar-refractivity contribution is 5.96. The van der Waals surface area contributed by atoms with Gasteiger partial charge >= 0.3 is 0 Å². The molecular weight excluding hydrogens is 272 g/mol. The standard InChI is InChI=1S/C15H16N2O4/c1-9-14(10(2)21-17-9)15(18)16-7-11-8-19-12-5-3-4-6-13(12)20-11/h3-6,11H,7-8H2,1-2H3,(H,16,18)/t11-/m0/s1. The Labute approximate surface area is 122 Å². The van der Waals surface area contributed by atoms with Gasteiger partial charge in [0.1, 0.15) is 24.0 Å². The van der Waals surface area contributed by atoms with Crippen molar-refractivity contribution in [3.63, 3.8) is 0 Å². The minimum atomic E-state index is -0.218. The van der Waals surface area contributed by atoms with Crippen molar-refractivity contribution < 1.29 is 18.8 Å². The molecular formula is C15H16N2O4. The van der Waals surface area contributed by atoms with Gasteiger partial charge in [-0.1, -0.05) is 17.3 Å². The van der Waals surface area contributed by atoms with E-state index in [9.17, 15) is 4.79 Å². The first-order valence-electron chi connectivity index (χ1n) is 6.74. The number of aromatic nitrogens is 1. The Morgan fingerprint density at radius 2 is 2.10 bits per heavy atom. The number of carbonyl (C=O) groups is 1. The molecule has 1 aliphatic rings. The van der Waals surface area contributed by atoms with Gasteiger partial charge in [0.25, 0.3) is 5.91 Å². The lowest BCUT2D eigenvalue weighted by Crippen LogP contribution is -2.40. The number of nitrogens with zero attached hydrogens (tertiary/aromatic N) is 1. The molecule has 3 rings (SSSR count). The van der Waals surface area contributed by atoms with E-state index in [-0.39, 0.29) is 12.0 Å². The number of aryl methyl sites for hydroxylation is 2. The maximum absolute atomic E-state index is 12.1. The molecule has 6 nitrogen and oxygen atoms in total. The number of ether oxygens (including phenoxy) is 2. The monoisotopic (exact) mass is 288 g/mol. The normalized spacial score (nSPS) is 16.6. The van der Waals surface area contributed by atoms with Crippen LogP contribution >= 0.6 is 0 Å². The van der Waals surface area contributed by atoms with E-state index in [1.807, 2.05) is 24.3 Å². The lowest BCUT2D eigenvalue weighted by molar-refractivity contribution is 0.0788. The molecule has 6 heteroatoms. The molecule has 1 aromatic heterocycles. The second-order valence-electron chi connectivity index (χ2n) is 4.91. The molecule has 1 atom stereocenters. The van der Waals surface area contributed by atoms with Gasteiger partial charge in [0.15, 0.2) is 11.5 Å². The maximum atomic E-state index is 12.1. The SMILES string of the molecule is Cc1noc(C)c1C(=O)NC[C@H]1COc2ccccc2O1. The van der Waals surface area contributed by atoms with Crippen LogP contribution < -0.4 is 14.8 Å². The quantitative estimate of drug-likeness (QED) is 0.933. The lowest BCUT2D eigenvalue weighted by Gasteiger charge is -2.26. The molecule has 0 saturated carbocycles. The maximum Gasteiger partial charge on any atom is 0.256 e. The Morgan fingerprint density at radius 1 is 1.33 bits per heavy atom. The van der Waals surface area contributed by atoms with E-state index in [0.717, 1.165) is 5.75 Å². The Morgan fingerprint density at radius 3 is 2.81 bits per heavy atom. The molecule has 21 heavy (non-hydrogen) atoms. The Hall–Kier alpha value is -2.50. The van der Waals surface area contributed by atoms with Crippen molar-refractivity contribution in [1.29, 1.82) is 0 Å². The zero-order valence-electron chi connectivity index (χ0n) is 11.9. The molecule has 0 fully saturated rings. The summed E-state index contributed by atoms with van der Waals surface area (Å²) in [5, 5.41) is 6.59. The van der Waals surface area contributed by atoms with E-state index in [2.05, 4.69) is 10.5 Å². The van der Waals surface area contributed by atoms with E-state index in [4.69, 9.17) is 14.0 Å². The Kier molecular flexibility index (Phi) is 3.51. The van der Waals surface area contributed by atoms with Gasteiger partial charge in [-0.2, -0.15) is 0 Å². The number of benzene rings is 1. The second-order valence-corrected chi connectivity index (χ2v) is 4.91. The van der Waals surface area contributed by atoms with E-state index >= 15 is 0 Å². The molecule has 2 aromatic rings. The number of hydrogen-bond acceptors (Lipinski definition) is 5. The molecule has 1 aromatic carbocycles. The molecule has 0 saturated heterocycles. The fourth-order valence-electron chi connectivity index (χ4n) is 2.27. The van der Waals surface area contributed by atoms with Crippen LogP contribution in [0, 0.1) is 13.8 Å². The predicted molar refractivity (Wildman–Crippen MR) is 74.7 cm³/mol. The van der Waals surface area contributed by atoms with Crippen LogP contribution in [0.5, 0.6) is 11.5 Å². The van der Waals surface area contributed by atoms with Crippen molar-refractivity contribution in [1.82, 2.24) is 10.5 Å². The van der Waals surface area contributed by atoms with Gasteiger partial charge < -0.3 is 19.3 Å². The van der Waals surface area contributed by atoms with Gasteiger partial charge in [-0.15, -0.1) is 0 Å². The molecule has 2 heterocycles. The summed E-state index contributed by atoms with van der Waals surface area (Å²) >= 11 is 0. The molecule has 0 unspecified atom stereocenters. The summed E-state index contributed by atoms with van der Waals surface area (Å²) in [4.78, 5) is 12.1. The van der Waals surface area contributed by atoms with E-state index in [1.54, 1.807) is 13.8 Å². The summed E-state index contributed by atoms with van der Waals surface area (Å²) in [6, 6.07) is 7.47. The molecule has 0 radical (unpaired) electrons. The highest BCUT2D eigenvalue weighted by Crippen LogP contribution is 2.30. The lowest BCUT2D eigenvalue weighted by atomic mass is 10.2. The van der Waals surface area contributed by atoms with Gasteiger partial charge in [0.05, 0.1) is 12.2 Å². The first kappa shape index (κ1) is 13.5. The van der Waals surface area contributed by atoms with Crippen molar-refractivity contribution in [3.8, 4) is 11.5 Å². The summed E-state index contributed by atoms with van der Waals surface area (Å²) in [7, 11) is 0. The Balaban J connectivity index is 1.61. The van der Waals surface area contributed by atoms with E-state index in [1.165, 1.54) is 0 Å². The van der Waals surface area contributed by atoms with Crippen molar-refractivity contribution >= 4 is 5.91 Å². The number of rotatable bonds is 3. The fraction of sp³-hybridized carbons (Fsp3) is 0.333. The van der Waals surface area contributed by atoms with E-state index < -0.39 is 0 Å². The third-order valence-corrected chi connectivity index (χ3v) is 3.32. The van der Waals surface area contributed by atoms with Gasteiger partial charge in [0, 0.05) is 0 Å². The largest absolute Gasteiger partial charge is 0.486 e. The smallest absolute Gasteiger partial charge is 0.256 e. The second kappa shape index (κ2) is 5.47. The molecule has 1 aliphatic heterocycles. The molecule has 0 spiro atoms. The van der Waals surface area contributed by atoms with Gasteiger partial charge in [0.2, 0.25) is 0 Å². The van der Waals surface area contributed by atoms with Crippen LogP contribution in [0.3, 0.4) is 0 Å². The highest BCUT2D eigenvalue weighted by atomic mass is 16.6. The zero-order chi connectivity index (χ0) is 14.8. The number of fused-ring (bicyclic) bond motifs is 1. The third-order valence-electron chi connectivity index (χ3n) is 3.32. The number of amides is 1. The minimum Gasteiger partial charge on any atom is -0.486 e. The minimum absolute atomic E-state index is 0.214. The topological polar surface area (TPSA) is 73.6 Å². The van der Waals surface area contributed by atoms with Gasteiger partial charge in [-0.05, 0) is 26.0 Å². The van der Waals surface area contributed by atoms with Crippen LogP contribution in [0.15, 0.2) is 28.8 Å². The van der Waals surface area contributed by atoms with Gasteiger partial charge in [-0.25, -0.2) is 0 Å². The molecule has 1 amide bonds. The average molecular weight is 288 g/mol. The van der Waals surface area contributed by atoms with Crippen molar-refractivity contribution in [3.05, 3.63) is 41.3 Å². The van der Waals surface area contributed by atoms with Gasteiger partial charge in [-0.3, -0.25) is 4.79 Å². The summed E-state index contributed by atoms with van der Waals surface area (Å²) in [5.74, 6) is 1.72. The van der Waals surface area contributed by atoms with Crippen LogP contribution in [0.25, 0.3) is 0 Å². The number of para-hydroxylation sites is 2. The van der Waals surface area contributed by atoms with E-state index in [0.29, 0.717) is 35.9 Å². The molecule has 0 bridgehead atoms. The van der Waals surface area contributed by atoms with Crippen LogP contribution in [-0.4, -0.2) is 30.3 Å². The highest BCUT2D eigenvalue weighted by Gasteiger charge is 2.23. The number of nitrogens with one attached hydrogen (secondary N) is 1. The molecule has 1 N–H and O–H groups in total. The molecule has 110 valence electrons. The van der Waals surface area contributed by atoms with Crippen LogP contribution in [0.1, 0.15) is 21.8 Å². The third kappa shape index (κ3) is 2.69. The summed E-state index contributed by atoms with van der Waals surface area (Å²) in [6.45, 7) is 4.21. The molecule has 0 aliphatic carbocycles. The van der Waals surface area contributed by atoms with Crippen LogP contribution in [0.4, 0.5) is 0 Å². The number of carbonyl (C=O) groups excluding carboxylic acids is 1. The average Bonchev–Trinajstić information content (AvgIpc) is 2.84. The Bertz CT molecular complexity index is 646. The summed E-state index contributed by atoms with van der Waals surface area (Å²) in [5.41, 5.74) is 1.06. The first-order valence-corrected chi connectivity index (χ1v) is 6.74. The van der Waals surface area contributed by atoms with Crippen LogP contribution in [0.2, 0.25) is 0 Å². The fourth-order valence-corrected chi connectivity index (χ4v) is 2.27. The van der Waals surface area contributed by atoms with Crippen molar-refractivity contribution in [2.45, 2.75) is 20.0 Å².